The molecule has 128 valence electrons. The predicted molar refractivity (Wildman–Crippen MR) is 95.8 cm³/mol. The number of nitrogens with zero attached hydrogens (tertiary/aromatic N) is 2. The van der Waals surface area contributed by atoms with E-state index in [-0.39, 0.29) is 6.10 Å². The predicted octanol–water partition coefficient (Wildman–Crippen LogP) is 5.19. The molecule has 3 heteroatoms. The van der Waals surface area contributed by atoms with Crippen molar-refractivity contribution >= 4 is 0 Å². The molecule has 1 fully saturated rings. The molecule has 1 heterocycles. The van der Waals surface area contributed by atoms with Crippen LogP contribution in [0.4, 0.5) is 0 Å². The van der Waals surface area contributed by atoms with Crippen molar-refractivity contribution in [2.75, 3.05) is 0 Å². The Balaban J connectivity index is 2.21. The van der Waals surface area contributed by atoms with E-state index in [1.54, 1.807) is 0 Å². The summed E-state index contributed by atoms with van der Waals surface area (Å²) in [6, 6.07) is 0. The van der Waals surface area contributed by atoms with E-state index in [9.17, 15) is 0 Å². The second-order valence-electron chi connectivity index (χ2n) is 7.14. The molecule has 0 aromatic carbocycles. The first kappa shape index (κ1) is 18.0. The van der Waals surface area contributed by atoms with Crippen LogP contribution >= 0.6 is 0 Å². The lowest BCUT2D eigenvalue weighted by atomic mass is 9.93. The molecule has 0 N–H and O–H groups in total. The molecular weight excluding hydrogens is 284 g/mol. The van der Waals surface area contributed by atoms with Crippen molar-refractivity contribution in [1.82, 2.24) is 9.97 Å². The summed E-state index contributed by atoms with van der Waals surface area (Å²) in [5.41, 5.74) is 2.09. The van der Waals surface area contributed by atoms with Crippen LogP contribution < -0.4 is 4.74 Å². The molecule has 1 aromatic heterocycles. The van der Waals surface area contributed by atoms with Crippen LogP contribution in [-0.4, -0.2) is 16.1 Å². The van der Waals surface area contributed by atoms with E-state index in [0.29, 0.717) is 11.8 Å². The average Bonchev–Trinajstić information content (AvgIpc) is 2.79. The molecule has 0 bridgehead atoms. The SMILES string of the molecule is C=CCC[C@H]1C[C@H](CCC)[C@@H](C)[C@H]1Oc1nc(C)nc(C)c1C. The van der Waals surface area contributed by atoms with Crippen LogP contribution in [0.25, 0.3) is 0 Å². The fourth-order valence-corrected chi connectivity index (χ4v) is 3.99. The second-order valence-corrected chi connectivity index (χ2v) is 7.14. The standard InChI is InChI=1S/C20H32N2O/c1-7-9-11-18-12-17(10-8-2)14(4)19(18)23-20-13(3)15(5)21-16(6)22-20/h7,14,17-19H,1,8-12H2,2-6H3/t14-,17+,18+,19-/m1/s1. The Morgan fingerprint density at radius 2 is 1.91 bits per heavy atom. The molecule has 4 atom stereocenters. The highest BCUT2D eigenvalue weighted by atomic mass is 16.5. The summed E-state index contributed by atoms with van der Waals surface area (Å²) in [6.45, 7) is 14.5. The monoisotopic (exact) mass is 316 g/mol. The Bertz CT molecular complexity index is 541. The van der Waals surface area contributed by atoms with Crippen LogP contribution in [0.5, 0.6) is 5.88 Å². The Kier molecular flexibility index (Phi) is 6.20. The smallest absolute Gasteiger partial charge is 0.220 e. The van der Waals surface area contributed by atoms with Crippen LogP contribution in [-0.2, 0) is 0 Å². The van der Waals surface area contributed by atoms with Gasteiger partial charge in [-0.25, -0.2) is 4.98 Å². The summed E-state index contributed by atoms with van der Waals surface area (Å²) in [5.74, 6) is 3.53. The van der Waals surface area contributed by atoms with Crippen molar-refractivity contribution in [3.8, 4) is 5.88 Å². The van der Waals surface area contributed by atoms with Crippen molar-refractivity contribution < 1.29 is 4.74 Å². The zero-order chi connectivity index (χ0) is 17.0. The van der Waals surface area contributed by atoms with Gasteiger partial charge in [-0.1, -0.05) is 32.8 Å². The highest BCUT2D eigenvalue weighted by Crippen LogP contribution is 2.43. The maximum Gasteiger partial charge on any atom is 0.220 e. The molecule has 0 amide bonds. The van der Waals surface area contributed by atoms with Gasteiger partial charge in [-0.3, -0.25) is 0 Å². The summed E-state index contributed by atoms with van der Waals surface area (Å²) < 4.78 is 6.48. The Morgan fingerprint density at radius 3 is 2.57 bits per heavy atom. The van der Waals surface area contributed by atoms with E-state index in [4.69, 9.17) is 4.74 Å². The van der Waals surface area contributed by atoms with Gasteiger partial charge in [-0.15, -0.1) is 6.58 Å². The van der Waals surface area contributed by atoms with Crippen molar-refractivity contribution in [1.29, 1.82) is 0 Å². The number of aryl methyl sites for hydroxylation is 2. The molecule has 2 rings (SSSR count). The molecule has 0 saturated heterocycles. The molecule has 3 nitrogen and oxygen atoms in total. The highest BCUT2D eigenvalue weighted by molar-refractivity contribution is 5.29. The van der Waals surface area contributed by atoms with E-state index in [1.165, 1.54) is 25.7 Å². The number of hydrogen-bond donors (Lipinski definition) is 0. The fraction of sp³-hybridized carbons (Fsp3) is 0.700. The fourth-order valence-electron chi connectivity index (χ4n) is 3.99. The maximum atomic E-state index is 6.48. The average molecular weight is 316 g/mol. The molecule has 0 unspecified atom stereocenters. The third kappa shape index (κ3) is 4.13. The Hall–Kier alpha value is -1.38. The molecule has 0 radical (unpaired) electrons. The minimum atomic E-state index is 0.263. The number of allylic oxidation sites excluding steroid dienone is 1. The lowest BCUT2D eigenvalue weighted by molar-refractivity contribution is 0.105. The van der Waals surface area contributed by atoms with Crippen molar-refractivity contribution in [2.45, 2.75) is 72.8 Å². The summed E-state index contributed by atoms with van der Waals surface area (Å²) in [4.78, 5) is 9.00. The van der Waals surface area contributed by atoms with E-state index in [2.05, 4.69) is 37.3 Å². The first-order valence-electron chi connectivity index (χ1n) is 9.07. The number of ether oxygens (including phenoxy) is 1. The van der Waals surface area contributed by atoms with Crippen molar-refractivity contribution in [2.24, 2.45) is 17.8 Å². The van der Waals surface area contributed by atoms with Crippen molar-refractivity contribution in [3.05, 3.63) is 29.7 Å². The molecule has 1 saturated carbocycles. The zero-order valence-corrected chi connectivity index (χ0v) is 15.4. The van der Waals surface area contributed by atoms with Crippen molar-refractivity contribution in [3.63, 3.8) is 0 Å². The minimum absolute atomic E-state index is 0.263. The maximum absolute atomic E-state index is 6.48. The van der Waals surface area contributed by atoms with Crippen LogP contribution in [0.1, 0.15) is 63.0 Å². The molecule has 1 aliphatic carbocycles. The lowest BCUT2D eigenvalue weighted by Gasteiger charge is -2.25. The minimum Gasteiger partial charge on any atom is -0.473 e. The third-order valence-electron chi connectivity index (χ3n) is 5.44. The van der Waals surface area contributed by atoms with Gasteiger partial charge < -0.3 is 4.74 Å². The topological polar surface area (TPSA) is 35.0 Å². The first-order valence-corrected chi connectivity index (χ1v) is 9.07. The van der Waals surface area contributed by atoms with Crippen LogP contribution in [0.15, 0.2) is 12.7 Å². The van der Waals surface area contributed by atoms with Crippen LogP contribution in [0.2, 0.25) is 0 Å². The summed E-state index contributed by atoms with van der Waals surface area (Å²) in [5, 5.41) is 0. The molecule has 1 aromatic rings. The Labute approximate surface area is 141 Å². The number of hydrogen-bond acceptors (Lipinski definition) is 3. The highest BCUT2D eigenvalue weighted by Gasteiger charge is 2.41. The third-order valence-corrected chi connectivity index (χ3v) is 5.44. The zero-order valence-electron chi connectivity index (χ0n) is 15.4. The molecule has 1 aliphatic rings. The number of aromatic nitrogens is 2. The Morgan fingerprint density at radius 1 is 1.17 bits per heavy atom. The molecule has 23 heavy (non-hydrogen) atoms. The largest absolute Gasteiger partial charge is 0.473 e. The van der Waals surface area contributed by atoms with Crippen LogP contribution in [0.3, 0.4) is 0 Å². The number of rotatable bonds is 7. The first-order chi connectivity index (χ1) is 11.0. The van der Waals surface area contributed by atoms with Gasteiger partial charge in [-0.05, 0) is 57.8 Å². The normalized spacial score (nSPS) is 27.2. The van der Waals surface area contributed by atoms with Crippen LogP contribution in [0, 0.1) is 38.5 Å². The summed E-state index contributed by atoms with van der Waals surface area (Å²) >= 11 is 0. The lowest BCUT2D eigenvalue weighted by Crippen LogP contribution is -2.29. The van der Waals surface area contributed by atoms with Gasteiger partial charge in [0, 0.05) is 11.3 Å². The molecule has 0 spiro atoms. The van der Waals surface area contributed by atoms with Gasteiger partial charge in [-0.2, -0.15) is 4.98 Å². The van der Waals surface area contributed by atoms with Gasteiger partial charge in [0.2, 0.25) is 5.88 Å². The summed E-state index contributed by atoms with van der Waals surface area (Å²) in [6.07, 6.45) is 8.35. The van der Waals surface area contributed by atoms with E-state index >= 15 is 0 Å². The van der Waals surface area contributed by atoms with Gasteiger partial charge in [0.1, 0.15) is 11.9 Å². The molecular formula is C20H32N2O. The van der Waals surface area contributed by atoms with Gasteiger partial charge in [0.15, 0.2) is 0 Å². The summed E-state index contributed by atoms with van der Waals surface area (Å²) in [7, 11) is 0. The van der Waals surface area contributed by atoms with Gasteiger partial charge in [0.05, 0.1) is 0 Å². The van der Waals surface area contributed by atoms with Gasteiger partial charge >= 0.3 is 0 Å². The van der Waals surface area contributed by atoms with E-state index in [0.717, 1.165) is 35.3 Å². The quantitative estimate of drug-likeness (QED) is 0.649. The van der Waals surface area contributed by atoms with E-state index < -0.39 is 0 Å². The van der Waals surface area contributed by atoms with E-state index in [1.807, 2.05) is 19.9 Å². The van der Waals surface area contributed by atoms with Gasteiger partial charge in [0.25, 0.3) is 0 Å². The second kappa shape index (κ2) is 7.94. The molecule has 0 aliphatic heterocycles.